The predicted molar refractivity (Wildman–Crippen MR) is 101 cm³/mol. The molecule has 4 aromatic rings. The van der Waals surface area contributed by atoms with E-state index in [0.29, 0.717) is 0 Å². The van der Waals surface area contributed by atoms with Crippen molar-refractivity contribution in [2.75, 3.05) is 5.75 Å². The minimum atomic E-state index is 0.794. The second kappa shape index (κ2) is 5.39. The van der Waals surface area contributed by atoms with Crippen LogP contribution in [0.4, 0.5) is 0 Å². The molecule has 0 fully saturated rings. The van der Waals surface area contributed by atoms with Crippen LogP contribution in [0.3, 0.4) is 0 Å². The highest BCUT2D eigenvalue weighted by Crippen LogP contribution is 2.29. The molecule has 5 heteroatoms. The Labute approximate surface area is 142 Å². The molecule has 1 aliphatic heterocycles. The van der Waals surface area contributed by atoms with Gasteiger partial charge in [-0.2, -0.15) is 5.10 Å². The van der Waals surface area contributed by atoms with Crippen molar-refractivity contribution in [3.8, 4) is 11.5 Å². The Morgan fingerprint density at radius 3 is 2.92 bits per heavy atom. The molecule has 3 heterocycles. The summed E-state index contributed by atoms with van der Waals surface area (Å²) < 4.78 is 0. The van der Waals surface area contributed by atoms with Crippen molar-refractivity contribution in [1.29, 1.82) is 0 Å². The summed E-state index contributed by atoms with van der Waals surface area (Å²) in [6, 6.07) is 14.4. The molecule has 2 N–H and O–H groups in total. The number of thioether (sulfide) groups is 1. The monoisotopic (exact) mass is 330 g/mol. The third-order valence-electron chi connectivity index (χ3n) is 4.21. The summed E-state index contributed by atoms with van der Waals surface area (Å²) in [7, 11) is 0. The Balaban J connectivity index is 1.63. The van der Waals surface area contributed by atoms with Crippen LogP contribution in [0.15, 0.2) is 60.0 Å². The molecule has 0 saturated carbocycles. The molecular weight excluding hydrogens is 316 g/mol. The lowest BCUT2D eigenvalue weighted by molar-refractivity contribution is 1.11. The molecule has 0 saturated heterocycles. The van der Waals surface area contributed by atoms with Gasteiger partial charge in [-0.1, -0.05) is 36.4 Å². The van der Waals surface area contributed by atoms with E-state index < -0.39 is 0 Å². The van der Waals surface area contributed by atoms with E-state index in [-0.39, 0.29) is 0 Å². The molecule has 116 valence electrons. The number of fused-ring (bicyclic) bond motifs is 2. The highest BCUT2D eigenvalue weighted by Gasteiger charge is 2.13. The van der Waals surface area contributed by atoms with Crippen LogP contribution >= 0.6 is 11.8 Å². The van der Waals surface area contributed by atoms with E-state index in [0.717, 1.165) is 39.2 Å². The summed E-state index contributed by atoms with van der Waals surface area (Å²) >= 11 is 1.82. The van der Waals surface area contributed by atoms with Gasteiger partial charge in [0.25, 0.3) is 0 Å². The molecule has 0 unspecified atom stereocenters. The predicted octanol–water partition coefficient (Wildman–Crippen LogP) is 4.75. The third kappa shape index (κ3) is 2.17. The number of hydrogen-bond acceptors (Lipinski definition) is 3. The lowest BCUT2D eigenvalue weighted by Crippen LogP contribution is -1.85. The van der Waals surface area contributed by atoms with Gasteiger partial charge in [0, 0.05) is 11.1 Å². The molecule has 2 aromatic heterocycles. The quantitative estimate of drug-likeness (QED) is 0.557. The SMILES string of the molecule is C1=CC(c2ccc3nc(-c4n[nH]c5ccccc45)[nH]c3c2)=CSC1. The molecule has 0 bridgehead atoms. The average molecular weight is 330 g/mol. The van der Waals surface area contributed by atoms with E-state index in [1.165, 1.54) is 11.1 Å². The Morgan fingerprint density at radius 1 is 1.04 bits per heavy atom. The van der Waals surface area contributed by atoms with Crippen molar-refractivity contribution in [3.63, 3.8) is 0 Å². The van der Waals surface area contributed by atoms with Crippen molar-refractivity contribution in [1.82, 2.24) is 20.2 Å². The highest BCUT2D eigenvalue weighted by molar-refractivity contribution is 8.02. The number of allylic oxidation sites excluding steroid dienone is 2. The van der Waals surface area contributed by atoms with Crippen molar-refractivity contribution < 1.29 is 0 Å². The summed E-state index contributed by atoms with van der Waals surface area (Å²) in [4.78, 5) is 8.13. The maximum absolute atomic E-state index is 4.71. The number of rotatable bonds is 2. The van der Waals surface area contributed by atoms with Crippen LogP contribution < -0.4 is 0 Å². The van der Waals surface area contributed by atoms with E-state index in [2.05, 4.69) is 57.0 Å². The van der Waals surface area contributed by atoms with E-state index in [1.54, 1.807) is 0 Å². The lowest BCUT2D eigenvalue weighted by Gasteiger charge is -2.06. The Kier molecular flexibility index (Phi) is 3.06. The summed E-state index contributed by atoms with van der Waals surface area (Å²) in [5.74, 6) is 1.84. The number of H-pyrrole nitrogens is 2. The largest absolute Gasteiger partial charge is 0.337 e. The van der Waals surface area contributed by atoms with Crippen LogP contribution in [-0.4, -0.2) is 25.9 Å². The Morgan fingerprint density at radius 2 is 2.00 bits per heavy atom. The van der Waals surface area contributed by atoms with Gasteiger partial charge in [-0.15, -0.1) is 11.8 Å². The third-order valence-corrected chi connectivity index (χ3v) is 5.02. The van der Waals surface area contributed by atoms with Gasteiger partial charge in [-0.25, -0.2) is 4.98 Å². The zero-order valence-electron chi connectivity index (χ0n) is 12.8. The summed E-state index contributed by atoms with van der Waals surface area (Å²) in [6.07, 6.45) is 4.37. The Bertz CT molecular complexity index is 1120. The van der Waals surface area contributed by atoms with Crippen molar-refractivity contribution in [3.05, 3.63) is 65.6 Å². The normalized spacial score (nSPS) is 14.4. The van der Waals surface area contributed by atoms with E-state index in [9.17, 15) is 0 Å². The fraction of sp³-hybridized carbons (Fsp3) is 0.0526. The maximum atomic E-state index is 4.71. The number of para-hydroxylation sites is 1. The molecule has 1 aliphatic rings. The zero-order valence-corrected chi connectivity index (χ0v) is 13.6. The standard InChI is InChI=1S/C19H14N4S/c1-2-6-15-14(5-1)18(23-22-15)19-20-16-8-7-12(10-17(16)21-19)13-4-3-9-24-11-13/h1-8,10-11H,9H2,(H,20,21)(H,22,23). The number of benzene rings is 2. The number of aromatic nitrogens is 4. The first-order valence-corrected chi connectivity index (χ1v) is 8.85. The first-order valence-electron chi connectivity index (χ1n) is 7.80. The molecule has 0 aliphatic carbocycles. The average Bonchev–Trinajstić information content (AvgIpc) is 3.25. The molecule has 0 amide bonds. The first-order chi connectivity index (χ1) is 11.9. The van der Waals surface area contributed by atoms with Gasteiger partial charge < -0.3 is 4.98 Å². The fourth-order valence-corrected chi connectivity index (χ4v) is 3.72. The lowest BCUT2D eigenvalue weighted by atomic mass is 10.1. The first kappa shape index (κ1) is 13.6. The molecule has 0 radical (unpaired) electrons. The van der Waals surface area contributed by atoms with Crippen LogP contribution in [0.25, 0.3) is 39.0 Å². The molecule has 24 heavy (non-hydrogen) atoms. The van der Waals surface area contributed by atoms with Crippen LogP contribution in [-0.2, 0) is 0 Å². The minimum Gasteiger partial charge on any atom is -0.337 e. The van der Waals surface area contributed by atoms with Crippen LogP contribution in [0.5, 0.6) is 0 Å². The highest BCUT2D eigenvalue weighted by atomic mass is 32.2. The van der Waals surface area contributed by atoms with Crippen LogP contribution in [0.2, 0.25) is 0 Å². The molecule has 4 nitrogen and oxygen atoms in total. The molecule has 2 aromatic carbocycles. The van der Waals surface area contributed by atoms with Gasteiger partial charge >= 0.3 is 0 Å². The van der Waals surface area contributed by atoms with E-state index in [4.69, 9.17) is 4.98 Å². The van der Waals surface area contributed by atoms with Crippen LogP contribution in [0, 0.1) is 0 Å². The number of hydrogen-bond donors (Lipinski definition) is 2. The van der Waals surface area contributed by atoms with Gasteiger partial charge in [-0.3, -0.25) is 5.10 Å². The number of nitrogens with zero attached hydrogens (tertiary/aromatic N) is 2. The second-order valence-corrected chi connectivity index (χ2v) is 6.65. The summed E-state index contributed by atoms with van der Waals surface area (Å²) in [5.41, 5.74) is 6.30. The smallest absolute Gasteiger partial charge is 0.159 e. The Hall–Kier alpha value is -2.79. The van der Waals surface area contributed by atoms with Crippen molar-refractivity contribution >= 4 is 39.3 Å². The van der Waals surface area contributed by atoms with Crippen molar-refractivity contribution in [2.24, 2.45) is 0 Å². The molecule has 0 atom stereocenters. The number of imidazole rings is 1. The van der Waals surface area contributed by atoms with E-state index in [1.807, 2.05) is 30.0 Å². The second-order valence-electron chi connectivity index (χ2n) is 5.74. The molecule has 5 rings (SSSR count). The maximum Gasteiger partial charge on any atom is 0.159 e. The topological polar surface area (TPSA) is 57.4 Å². The number of aromatic amines is 2. The summed E-state index contributed by atoms with van der Waals surface area (Å²) in [5, 5.41) is 10.8. The van der Waals surface area contributed by atoms with Gasteiger partial charge in [-0.05, 0) is 34.7 Å². The van der Waals surface area contributed by atoms with Gasteiger partial charge in [0.05, 0.1) is 16.6 Å². The van der Waals surface area contributed by atoms with Gasteiger partial charge in [0.15, 0.2) is 5.82 Å². The fourth-order valence-electron chi connectivity index (χ4n) is 3.02. The summed E-state index contributed by atoms with van der Waals surface area (Å²) in [6.45, 7) is 0. The molecule has 0 spiro atoms. The molecular formula is C19H14N4S. The minimum absolute atomic E-state index is 0.794. The van der Waals surface area contributed by atoms with E-state index >= 15 is 0 Å². The van der Waals surface area contributed by atoms with Gasteiger partial charge in [0.1, 0.15) is 5.69 Å². The van der Waals surface area contributed by atoms with Crippen LogP contribution in [0.1, 0.15) is 5.56 Å². The van der Waals surface area contributed by atoms with Crippen molar-refractivity contribution in [2.45, 2.75) is 0 Å². The zero-order chi connectivity index (χ0) is 15.9. The van der Waals surface area contributed by atoms with Gasteiger partial charge in [0.2, 0.25) is 0 Å². The number of nitrogens with one attached hydrogen (secondary N) is 2.